The van der Waals surface area contributed by atoms with Crippen molar-refractivity contribution >= 4 is 11.9 Å². The lowest BCUT2D eigenvalue weighted by Gasteiger charge is -2.29. The highest BCUT2D eigenvalue weighted by Crippen LogP contribution is 2.24. The van der Waals surface area contributed by atoms with Gasteiger partial charge in [-0.3, -0.25) is 4.79 Å². The van der Waals surface area contributed by atoms with Gasteiger partial charge < -0.3 is 14.8 Å². The van der Waals surface area contributed by atoms with Crippen LogP contribution >= 0.6 is 0 Å². The van der Waals surface area contributed by atoms with Crippen molar-refractivity contribution in [3.63, 3.8) is 0 Å². The number of carbonyl (C=O) groups excluding carboxylic acids is 2. The maximum Gasteiger partial charge on any atom is 0.342 e. The number of ether oxygens (including phenoxy) is 2. The van der Waals surface area contributed by atoms with Gasteiger partial charge in [-0.05, 0) is 43.4 Å². The summed E-state index contributed by atoms with van der Waals surface area (Å²) in [6.07, 6.45) is 4.44. The summed E-state index contributed by atoms with van der Waals surface area (Å²) < 4.78 is 11.1. The molecule has 0 unspecified atom stereocenters. The molecule has 5 heteroatoms. The van der Waals surface area contributed by atoms with Crippen LogP contribution in [0.3, 0.4) is 0 Å². The van der Waals surface area contributed by atoms with Crippen molar-refractivity contribution in [2.45, 2.75) is 52.2 Å². The molecule has 0 saturated heterocycles. The molecule has 0 spiro atoms. The van der Waals surface area contributed by atoms with Crippen molar-refractivity contribution < 1.29 is 19.1 Å². The van der Waals surface area contributed by atoms with Gasteiger partial charge in [0.1, 0.15) is 17.9 Å². The van der Waals surface area contributed by atoms with Gasteiger partial charge in [0.25, 0.3) is 5.91 Å². The van der Waals surface area contributed by atoms with E-state index in [9.17, 15) is 9.59 Å². The van der Waals surface area contributed by atoms with Gasteiger partial charge in [0.15, 0.2) is 6.61 Å². The summed E-state index contributed by atoms with van der Waals surface area (Å²) in [4.78, 5) is 24.7. The molecule has 0 aromatic heterocycles. The number of esters is 1. The van der Waals surface area contributed by atoms with Crippen LogP contribution in [0, 0.1) is 12.8 Å². The number of hydrogen-bond acceptors (Lipinski definition) is 4. The number of para-hydroxylation sites is 1. The molecular weight excluding hydrogens is 366 g/mol. The molecule has 0 heterocycles. The first-order chi connectivity index (χ1) is 14.0. The first-order valence-electron chi connectivity index (χ1n) is 10.3. The minimum atomic E-state index is -0.559. The summed E-state index contributed by atoms with van der Waals surface area (Å²) in [5.74, 6) is 0.0893. The first-order valence-corrected chi connectivity index (χ1v) is 10.3. The molecule has 3 rings (SSSR count). The summed E-state index contributed by atoms with van der Waals surface area (Å²) in [5, 5.41) is 2.99. The van der Waals surface area contributed by atoms with Crippen molar-refractivity contribution in [2.24, 2.45) is 5.92 Å². The van der Waals surface area contributed by atoms with Gasteiger partial charge in [0.2, 0.25) is 0 Å². The van der Waals surface area contributed by atoms with Crippen molar-refractivity contribution in [1.82, 2.24) is 5.32 Å². The summed E-state index contributed by atoms with van der Waals surface area (Å²) >= 11 is 0. The fourth-order valence-corrected chi connectivity index (χ4v) is 3.71. The number of rotatable bonds is 7. The van der Waals surface area contributed by atoms with Crippen molar-refractivity contribution in [3.05, 3.63) is 65.2 Å². The summed E-state index contributed by atoms with van der Waals surface area (Å²) in [6.45, 7) is 4.24. The Balaban J connectivity index is 1.54. The Morgan fingerprint density at radius 1 is 1.07 bits per heavy atom. The van der Waals surface area contributed by atoms with E-state index in [1.807, 2.05) is 31.2 Å². The maximum atomic E-state index is 12.5. The van der Waals surface area contributed by atoms with Crippen LogP contribution in [-0.4, -0.2) is 24.5 Å². The van der Waals surface area contributed by atoms with Gasteiger partial charge >= 0.3 is 5.97 Å². The molecule has 1 fully saturated rings. The lowest BCUT2D eigenvalue weighted by atomic mass is 9.86. The van der Waals surface area contributed by atoms with Crippen LogP contribution in [0.5, 0.6) is 5.75 Å². The van der Waals surface area contributed by atoms with Crippen molar-refractivity contribution in [1.29, 1.82) is 0 Å². The third kappa shape index (κ3) is 6.08. The monoisotopic (exact) mass is 395 g/mol. The lowest BCUT2D eigenvalue weighted by molar-refractivity contribution is -0.125. The van der Waals surface area contributed by atoms with E-state index in [4.69, 9.17) is 9.47 Å². The predicted octanol–water partition coefficient (Wildman–Crippen LogP) is 4.43. The number of carbonyl (C=O) groups is 2. The Morgan fingerprint density at radius 3 is 2.66 bits per heavy atom. The molecule has 0 bridgehead atoms. The highest BCUT2D eigenvalue weighted by molar-refractivity contribution is 5.94. The molecule has 5 nitrogen and oxygen atoms in total. The molecule has 1 N–H and O–H groups in total. The second-order valence-corrected chi connectivity index (χ2v) is 7.79. The number of benzene rings is 2. The van der Waals surface area contributed by atoms with Crippen LogP contribution in [0.25, 0.3) is 0 Å². The molecule has 1 aliphatic carbocycles. The van der Waals surface area contributed by atoms with E-state index in [0.717, 1.165) is 30.4 Å². The fraction of sp³-hybridized carbons (Fsp3) is 0.417. The average molecular weight is 395 g/mol. The largest absolute Gasteiger partial charge is 0.488 e. The highest BCUT2D eigenvalue weighted by Gasteiger charge is 2.23. The fourth-order valence-electron chi connectivity index (χ4n) is 3.71. The molecule has 1 aliphatic rings. The molecule has 29 heavy (non-hydrogen) atoms. The zero-order valence-corrected chi connectivity index (χ0v) is 17.1. The SMILES string of the molecule is Cc1cccc(COc2ccccc2C(=O)OCC(=O)N[C@H]2CCCC[C@H]2C)c1. The zero-order chi connectivity index (χ0) is 20.6. The topological polar surface area (TPSA) is 64.6 Å². The van der Waals surface area contributed by atoms with E-state index < -0.39 is 5.97 Å². The number of amides is 1. The Morgan fingerprint density at radius 2 is 1.86 bits per heavy atom. The number of nitrogens with one attached hydrogen (secondary N) is 1. The molecule has 2 atom stereocenters. The van der Waals surface area contributed by atoms with Crippen LogP contribution in [0.4, 0.5) is 0 Å². The molecular formula is C24H29NO4. The predicted molar refractivity (Wildman–Crippen MR) is 112 cm³/mol. The average Bonchev–Trinajstić information content (AvgIpc) is 2.72. The normalized spacial score (nSPS) is 18.7. The summed E-state index contributed by atoms with van der Waals surface area (Å²) in [5.41, 5.74) is 2.49. The van der Waals surface area contributed by atoms with Gasteiger partial charge in [-0.25, -0.2) is 4.79 Å². The van der Waals surface area contributed by atoms with E-state index in [2.05, 4.69) is 12.2 Å². The molecule has 0 radical (unpaired) electrons. The highest BCUT2D eigenvalue weighted by atomic mass is 16.5. The quantitative estimate of drug-likeness (QED) is 0.705. The number of aryl methyl sites for hydroxylation is 1. The minimum absolute atomic E-state index is 0.167. The zero-order valence-electron chi connectivity index (χ0n) is 17.1. The van der Waals surface area contributed by atoms with E-state index in [1.165, 1.54) is 6.42 Å². The van der Waals surface area contributed by atoms with E-state index in [0.29, 0.717) is 23.8 Å². The van der Waals surface area contributed by atoms with Crippen molar-refractivity contribution in [3.8, 4) is 5.75 Å². The molecule has 1 saturated carbocycles. The van der Waals surface area contributed by atoms with E-state index in [-0.39, 0.29) is 18.6 Å². The minimum Gasteiger partial charge on any atom is -0.488 e. The summed E-state index contributed by atoms with van der Waals surface area (Å²) in [6, 6.07) is 15.1. The second kappa shape index (κ2) is 10.1. The van der Waals surface area contributed by atoms with Gasteiger partial charge in [-0.2, -0.15) is 0 Å². The molecule has 0 aliphatic heterocycles. The van der Waals surface area contributed by atoms with Gasteiger partial charge in [-0.1, -0.05) is 61.7 Å². The molecule has 1 amide bonds. The standard InChI is InChI=1S/C24H29NO4/c1-17-8-7-10-19(14-17)15-28-22-13-6-4-11-20(22)24(27)29-16-23(26)25-21-12-5-3-9-18(21)2/h4,6-8,10-11,13-14,18,21H,3,5,9,12,15-16H2,1-2H3,(H,25,26)/t18-,21+/m1/s1. The van der Waals surface area contributed by atoms with Gasteiger partial charge in [0.05, 0.1) is 0 Å². The van der Waals surface area contributed by atoms with E-state index in [1.54, 1.807) is 24.3 Å². The smallest absolute Gasteiger partial charge is 0.342 e. The maximum absolute atomic E-state index is 12.5. The molecule has 2 aromatic carbocycles. The van der Waals surface area contributed by atoms with Gasteiger partial charge in [-0.15, -0.1) is 0 Å². The Bertz CT molecular complexity index is 848. The number of hydrogen-bond donors (Lipinski definition) is 1. The molecule has 2 aromatic rings. The van der Waals surface area contributed by atoms with Crippen LogP contribution in [0.1, 0.15) is 54.1 Å². The third-order valence-corrected chi connectivity index (χ3v) is 5.38. The Labute approximate surface area is 172 Å². The molecule has 154 valence electrons. The van der Waals surface area contributed by atoms with Crippen LogP contribution in [-0.2, 0) is 16.1 Å². The summed E-state index contributed by atoms with van der Waals surface area (Å²) in [7, 11) is 0. The Hall–Kier alpha value is -2.82. The second-order valence-electron chi connectivity index (χ2n) is 7.79. The van der Waals surface area contributed by atoms with Gasteiger partial charge in [0, 0.05) is 6.04 Å². The van der Waals surface area contributed by atoms with Crippen LogP contribution in [0.15, 0.2) is 48.5 Å². The first kappa shape index (κ1) is 20.9. The lowest BCUT2D eigenvalue weighted by Crippen LogP contribution is -2.42. The van der Waals surface area contributed by atoms with Crippen LogP contribution in [0.2, 0.25) is 0 Å². The Kier molecular flexibility index (Phi) is 7.28. The van der Waals surface area contributed by atoms with Crippen LogP contribution < -0.4 is 10.1 Å². The third-order valence-electron chi connectivity index (χ3n) is 5.38. The van der Waals surface area contributed by atoms with E-state index >= 15 is 0 Å². The van der Waals surface area contributed by atoms with Crippen molar-refractivity contribution in [2.75, 3.05) is 6.61 Å².